The van der Waals surface area contributed by atoms with Crippen LogP contribution in [0.2, 0.25) is 0 Å². The number of ether oxygens (including phenoxy) is 4. The Labute approximate surface area is 194 Å². The third-order valence-corrected chi connectivity index (χ3v) is 9.52. The van der Waals surface area contributed by atoms with Gasteiger partial charge in [0.2, 0.25) is 6.41 Å². The van der Waals surface area contributed by atoms with Gasteiger partial charge in [-0.1, -0.05) is 11.6 Å². The molecule has 1 saturated carbocycles. The monoisotopic (exact) mass is 489 g/mol. The van der Waals surface area contributed by atoms with Crippen LogP contribution in [0.25, 0.3) is 0 Å². The number of methoxy groups -OCH3 is 1. The summed E-state index contributed by atoms with van der Waals surface area (Å²) in [6.07, 6.45) is 2.38. The molecule has 10 nitrogen and oxygen atoms in total. The van der Waals surface area contributed by atoms with Crippen LogP contribution in [0, 0.1) is 5.92 Å². The lowest BCUT2D eigenvalue weighted by Gasteiger charge is -2.46. The minimum Gasteiger partial charge on any atom is -0.480 e. The number of nitrogens with zero attached hydrogens (tertiary/aromatic N) is 1. The van der Waals surface area contributed by atoms with Gasteiger partial charge in [0.25, 0.3) is 0 Å². The van der Waals surface area contributed by atoms with E-state index in [1.807, 2.05) is 0 Å². The normalized spacial score (nSPS) is 39.7. The van der Waals surface area contributed by atoms with Crippen LogP contribution in [0.5, 0.6) is 0 Å². The van der Waals surface area contributed by atoms with Crippen LogP contribution in [-0.2, 0) is 33.6 Å². The lowest BCUT2D eigenvalue weighted by atomic mass is 9.68. The summed E-state index contributed by atoms with van der Waals surface area (Å²) >= 11 is 0. The Bertz CT molecular complexity index is 892. The first-order valence-electron chi connectivity index (χ1n) is 11.4. The van der Waals surface area contributed by atoms with E-state index in [2.05, 4.69) is 26.8 Å². The molecule has 4 fully saturated rings. The van der Waals surface area contributed by atoms with Gasteiger partial charge in [-0.3, -0.25) is 9.69 Å². The average molecular weight is 490 g/mol. The highest BCUT2D eigenvalue weighted by Crippen LogP contribution is 2.59. The summed E-state index contributed by atoms with van der Waals surface area (Å²) in [6.45, 7) is 6.91. The molecule has 0 aromatic heterocycles. The predicted molar refractivity (Wildman–Crippen MR) is 117 cm³/mol. The predicted octanol–water partition coefficient (Wildman–Crippen LogP) is 0.539. The van der Waals surface area contributed by atoms with Gasteiger partial charge in [0.1, 0.15) is 11.4 Å². The lowest BCUT2D eigenvalue weighted by Crippen LogP contribution is -2.62. The molecule has 1 aliphatic carbocycles. The third kappa shape index (κ3) is 4.86. The summed E-state index contributed by atoms with van der Waals surface area (Å²) in [7, 11) is -2.13. The molecule has 1 spiro atoms. The number of rotatable bonds is 10. The highest BCUT2D eigenvalue weighted by Gasteiger charge is 2.72. The number of likely N-dealkylation sites (tertiary alicyclic amines) is 1. The van der Waals surface area contributed by atoms with Crippen molar-refractivity contribution in [1.29, 1.82) is 0 Å². The number of epoxide rings is 2. The molecule has 0 aromatic rings. The second-order valence-corrected chi connectivity index (χ2v) is 12.4. The molecular weight excluding hydrogens is 454 g/mol. The standard InChI is InChI=1S/C22H35NO9S/c1-13(2)5-6-16-21(3,32-16)19-18(29-4)15(7-8-22(19)12-30-22)31-20(26)23-9-14(10-23)33(27,28)11-17(24)25/h5,14-16,18-20,26H,6-12H2,1-4H3,(H,24,25)/t15-,16-,18-,19-,20?,21+,22+/m1/s1. The highest BCUT2D eigenvalue weighted by molar-refractivity contribution is 7.92. The van der Waals surface area contributed by atoms with Gasteiger partial charge in [0, 0.05) is 20.2 Å². The van der Waals surface area contributed by atoms with E-state index in [9.17, 15) is 18.3 Å². The molecule has 7 atom stereocenters. The summed E-state index contributed by atoms with van der Waals surface area (Å²) in [5, 5.41) is 18.6. The Balaban J connectivity index is 1.39. The van der Waals surface area contributed by atoms with Crippen molar-refractivity contribution in [2.75, 3.05) is 32.6 Å². The van der Waals surface area contributed by atoms with Crippen LogP contribution in [0.15, 0.2) is 11.6 Å². The van der Waals surface area contributed by atoms with Crippen LogP contribution in [-0.4, -0.2) is 103 Å². The zero-order valence-electron chi connectivity index (χ0n) is 19.6. The number of carboxylic acids is 1. The van der Waals surface area contributed by atoms with Gasteiger partial charge in [-0.2, -0.15) is 0 Å². The van der Waals surface area contributed by atoms with Crippen molar-refractivity contribution in [3.8, 4) is 0 Å². The summed E-state index contributed by atoms with van der Waals surface area (Å²) < 4.78 is 48.1. The number of sulfone groups is 1. The maximum absolute atomic E-state index is 12.1. The fourth-order valence-corrected chi connectivity index (χ4v) is 6.92. The quantitative estimate of drug-likeness (QED) is 0.254. The van der Waals surface area contributed by atoms with E-state index >= 15 is 0 Å². The Morgan fingerprint density at radius 1 is 1.33 bits per heavy atom. The van der Waals surface area contributed by atoms with Crippen LogP contribution in [0.1, 0.15) is 40.0 Å². The molecule has 1 unspecified atom stereocenters. The number of aliphatic carboxylic acids is 1. The first-order chi connectivity index (χ1) is 15.4. The molecule has 4 rings (SSSR count). The Morgan fingerprint density at radius 2 is 2.00 bits per heavy atom. The van der Waals surface area contributed by atoms with E-state index in [0.717, 1.165) is 12.8 Å². The van der Waals surface area contributed by atoms with Gasteiger partial charge in [0.05, 0.1) is 41.7 Å². The first kappa shape index (κ1) is 25.0. The van der Waals surface area contributed by atoms with E-state index in [1.54, 1.807) is 7.11 Å². The maximum atomic E-state index is 12.1. The number of carbonyl (C=O) groups is 1. The molecule has 3 heterocycles. The van der Waals surface area contributed by atoms with Crippen molar-refractivity contribution < 1.29 is 42.4 Å². The number of aliphatic hydroxyl groups excluding tert-OH is 1. The van der Waals surface area contributed by atoms with Crippen LogP contribution in [0.3, 0.4) is 0 Å². The number of aliphatic hydroxyl groups is 1. The van der Waals surface area contributed by atoms with Gasteiger partial charge in [-0.25, -0.2) is 8.42 Å². The maximum Gasteiger partial charge on any atom is 0.318 e. The van der Waals surface area contributed by atoms with E-state index in [0.29, 0.717) is 13.0 Å². The topological polar surface area (TPSA) is 138 Å². The first-order valence-corrected chi connectivity index (χ1v) is 13.1. The smallest absolute Gasteiger partial charge is 0.318 e. The van der Waals surface area contributed by atoms with Gasteiger partial charge < -0.3 is 29.2 Å². The van der Waals surface area contributed by atoms with Crippen molar-refractivity contribution in [2.24, 2.45) is 5.92 Å². The second-order valence-electron chi connectivity index (χ2n) is 10.2. The summed E-state index contributed by atoms with van der Waals surface area (Å²) in [6, 6.07) is 0. The average Bonchev–Trinajstić information content (AvgIpc) is 3.56. The van der Waals surface area contributed by atoms with Gasteiger partial charge in [-0.05, 0) is 40.0 Å². The molecule has 188 valence electrons. The van der Waals surface area contributed by atoms with E-state index < -0.39 is 44.9 Å². The van der Waals surface area contributed by atoms with Gasteiger partial charge >= 0.3 is 5.97 Å². The molecule has 3 saturated heterocycles. The van der Waals surface area contributed by atoms with Crippen LogP contribution < -0.4 is 0 Å². The largest absolute Gasteiger partial charge is 0.480 e. The number of hydrogen-bond acceptors (Lipinski definition) is 9. The number of allylic oxidation sites excluding steroid dienone is 1. The molecule has 11 heteroatoms. The van der Waals surface area contributed by atoms with Gasteiger partial charge in [-0.15, -0.1) is 0 Å². The molecule has 0 radical (unpaired) electrons. The van der Waals surface area contributed by atoms with Crippen molar-refractivity contribution in [3.05, 3.63) is 11.6 Å². The summed E-state index contributed by atoms with van der Waals surface area (Å²) in [5.74, 6) is -2.35. The van der Waals surface area contributed by atoms with E-state index in [4.69, 9.17) is 24.1 Å². The minimum atomic E-state index is -3.75. The van der Waals surface area contributed by atoms with Crippen LogP contribution >= 0.6 is 0 Å². The van der Waals surface area contributed by atoms with Crippen molar-refractivity contribution in [2.45, 2.75) is 81.2 Å². The molecule has 4 aliphatic rings. The van der Waals surface area contributed by atoms with Crippen molar-refractivity contribution >= 4 is 15.8 Å². The van der Waals surface area contributed by atoms with E-state index in [1.165, 1.54) is 10.5 Å². The Morgan fingerprint density at radius 3 is 2.55 bits per heavy atom. The van der Waals surface area contributed by atoms with Crippen molar-refractivity contribution in [3.63, 3.8) is 0 Å². The zero-order valence-corrected chi connectivity index (χ0v) is 20.4. The molecule has 33 heavy (non-hydrogen) atoms. The Hall–Kier alpha value is -1.08. The molecule has 0 amide bonds. The number of carboxylic acid groups (broad SMARTS) is 1. The third-order valence-electron chi connectivity index (χ3n) is 7.55. The zero-order chi connectivity index (χ0) is 24.2. The molecule has 3 aliphatic heterocycles. The SMILES string of the molecule is CO[C@@H]1[C@H](OC(O)N2CC(S(=O)(=O)CC(=O)O)C2)CC[C@]2(CO2)[C@H]1[C@@]1(C)O[C@@H]1CC=C(C)C. The molecule has 0 bridgehead atoms. The summed E-state index contributed by atoms with van der Waals surface area (Å²) in [4.78, 5) is 12.3. The second kappa shape index (κ2) is 8.85. The molecular formula is C22H35NO9S. The molecule has 0 aromatic carbocycles. The van der Waals surface area contributed by atoms with Crippen LogP contribution in [0.4, 0.5) is 0 Å². The fraction of sp³-hybridized carbons (Fsp3) is 0.864. The van der Waals surface area contributed by atoms with Crippen molar-refractivity contribution in [1.82, 2.24) is 4.90 Å². The highest BCUT2D eigenvalue weighted by atomic mass is 32.2. The Kier molecular flexibility index (Phi) is 6.71. The fourth-order valence-electron chi connectivity index (χ4n) is 5.50. The van der Waals surface area contributed by atoms with E-state index in [-0.39, 0.29) is 36.8 Å². The lowest BCUT2D eigenvalue weighted by molar-refractivity contribution is -0.264. The summed E-state index contributed by atoms with van der Waals surface area (Å²) in [5.41, 5.74) is 0.523. The number of hydrogen-bond donors (Lipinski definition) is 2. The van der Waals surface area contributed by atoms with Gasteiger partial charge in [0.15, 0.2) is 9.84 Å². The molecule has 2 N–H and O–H groups in total. The minimum absolute atomic E-state index is 0.0310.